The van der Waals surface area contributed by atoms with Crippen molar-refractivity contribution in [3.05, 3.63) is 15.8 Å². The number of hydrogen-bond donors (Lipinski definition) is 1. The first kappa shape index (κ1) is 13.5. The Bertz CT molecular complexity index is 474. The van der Waals surface area contributed by atoms with Crippen molar-refractivity contribution in [3.63, 3.8) is 0 Å². The number of nitrogens with zero attached hydrogens (tertiary/aromatic N) is 3. The van der Waals surface area contributed by atoms with E-state index in [4.69, 9.17) is 9.47 Å². The topological polar surface area (TPSA) is 99.4 Å². The molecule has 8 heteroatoms. The van der Waals surface area contributed by atoms with Gasteiger partial charge in [-0.25, -0.2) is 4.98 Å². The molecular formula is C11H16N4O4. The molecule has 1 saturated heterocycles. The van der Waals surface area contributed by atoms with E-state index in [1.54, 1.807) is 14.0 Å². The molecule has 0 spiro atoms. The molecule has 0 aromatic carbocycles. The molecule has 1 aliphatic rings. The minimum absolute atomic E-state index is 0.0220. The number of nitro groups is 1. The second-order valence-corrected chi connectivity index (χ2v) is 4.22. The minimum Gasteiger partial charge on any atom is -0.469 e. The molecule has 1 N–H and O–H groups in total. The summed E-state index contributed by atoms with van der Waals surface area (Å²) in [4.78, 5) is 18.6. The smallest absolute Gasteiger partial charge is 0.352 e. The number of ether oxygens (including phenoxy) is 2. The molecule has 0 amide bonds. The Kier molecular flexibility index (Phi) is 4.10. The molecule has 0 aliphatic carbocycles. The maximum atomic E-state index is 11.1. The average Bonchev–Trinajstić information content (AvgIpc) is 2.38. The van der Waals surface area contributed by atoms with Crippen molar-refractivity contribution >= 4 is 11.6 Å². The first-order chi connectivity index (χ1) is 9.11. The molecule has 0 bridgehead atoms. The first-order valence-corrected chi connectivity index (χ1v) is 6.07. The van der Waals surface area contributed by atoms with Crippen molar-refractivity contribution < 1.29 is 14.4 Å². The van der Waals surface area contributed by atoms with Crippen molar-refractivity contribution in [1.29, 1.82) is 0 Å². The molecular weight excluding hydrogens is 252 g/mol. The van der Waals surface area contributed by atoms with E-state index in [1.165, 1.54) is 0 Å². The maximum absolute atomic E-state index is 11.1. The highest BCUT2D eigenvalue weighted by molar-refractivity contribution is 5.48. The van der Waals surface area contributed by atoms with Gasteiger partial charge in [0, 0.05) is 19.9 Å². The fourth-order valence-corrected chi connectivity index (χ4v) is 1.90. The van der Waals surface area contributed by atoms with E-state index in [9.17, 15) is 10.1 Å². The van der Waals surface area contributed by atoms with E-state index < -0.39 is 4.92 Å². The lowest BCUT2D eigenvalue weighted by atomic mass is 10.1. The summed E-state index contributed by atoms with van der Waals surface area (Å²) >= 11 is 0. The number of hydrogen-bond acceptors (Lipinski definition) is 7. The van der Waals surface area contributed by atoms with Gasteiger partial charge in [0.15, 0.2) is 0 Å². The van der Waals surface area contributed by atoms with E-state index in [2.05, 4.69) is 15.3 Å². The third kappa shape index (κ3) is 3.08. The van der Waals surface area contributed by atoms with Crippen LogP contribution in [0.25, 0.3) is 0 Å². The van der Waals surface area contributed by atoms with E-state index in [-0.39, 0.29) is 23.4 Å². The highest BCUT2D eigenvalue weighted by atomic mass is 16.6. The zero-order chi connectivity index (χ0) is 13.8. The largest absolute Gasteiger partial charge is 0.469 e. The fraction of sp³-hybridized carbons (Fsp3) is 0.636. The minimum atomic E-state index is -0.510. The molecule has 0 radical (unpaired) electrons. The number of rotatable bonds is 4. The molecule has 1 fully saturated rings. The van der Waals surface area contributed by atoms with Crippen LogP contribution >= 0.6 is 0 Å². The lowest BCUT2D eigenvalue weighted by molar-refractivity contribution is -0.387. The van der Waals surface area contributed by atoms with Gasteiger partial charge in [0.1, 0.15) is 11.8 Å². The molecule has 8 nitrogen and oxygen atoms in total. The maximum Gasteiger partial charge on any atom is 0.352 e. The van der Waals surface area contributed by atoms with Crippen molar-refractivity contribution in [1.82, 2.24) is 9.97 Å². The van der Waals surface area contributed by atoms with Crippen molar-refractivity contribution in [2.75, 3.05) is 25.6 Å². The van der Waals surface area contributed by atoms with Crippen LogP contribution < -0.4 is 10.1 Å². The van der Waals surface area contributed by atoms with E-state index >= 15 is 0 Å². The predicted octanol–water partition coefficient (Wildman–Crippen LogP) is 1.29. The van der Waals surface area contributed by atoms with Gasteiger partial charge in [-0.05, 0) is 6.92 Å². The number of nitrogens with one attached hydrogen (secondary N) is 1. The molecule has 2 heterocycles. The summed E-state index contributed by atoms with van der Waals surface area (Å²) in [5, 5.41) is 13.8. The van der Waals surface area contributed by atoms with Crippen molar-refractivity contribution in [2.24, 2.45) is 0 Å². The van der Waals surface area contributed by atoms with Crippen LogP contribution in [-0.4, -0.2) is 41.3 Å². The Morgan fingerprint density at radius 1 is 1.42 bits per heavy atom. The van der Waals surface area contributed by atoms with Crippen LogP contribution in [0.2, 0.25) is 0 Å². The van der Waals surface area contributed by atoms with Gasteiger partial charge in [-0.3, -0.25) is 10.1 Å². The quantitative estimate of drug-likeness (QED) is 0.648. The molecule has 19 heavy (non-hydrogen) atoms. The molecule has 1 aromatic heterocycles. The summed E-state index contributed by atoms with van der Waals surface area (Å²) in [6, 6.07) is 0. The third-order valence-corrected chi connectivity index (χ3v) is 2.88. The Labute approximate surface area is 110 Å². The van der Waals surface area contributed by atoms with Crippen molar-refractivity contribution in [3.8, 4) is 5.88 Å². The van der Waals surface area contributed by atoms with Gasteiger partial charge in [-0.1, -0.05) is 0 Å². The summed E-state index contributed by atoms with van der Waals surface area (Å²) in [7, 11) is 1.65. The van der Waals surface area contributed by atoms with Gasteiger partial charge < -0.3 is 14.8 Å². The molecule has 0 saturated carbocycles. The van der Waals surface area contributed by atoms with Crippen LogP contribution in [0.5, 0.6) is 5.88 Å². The van der Waals surface area contributed by atoms with Crippen LogP contribution in [0.1, 0.15) is 18.5 Å². The zero-order valence-electron chi connectivity index (χ0n) is 10.9. The van der Waals surface area contributed by atoms with E-state index in [1.807, 2.05) is 0 Å². The second kappa shape index (κ2) is 5.79. The summed E-state index contributed by atoms with van der Waals surface area (Å²) in [6.45, 7) is 2.76. The first-order valence-electron chi connectivity index (χ1n) is 6.07. The van der Waals surface area contributed by atoms with Gasteiger partial charge in [-0.2, -0.15) is 4.98 Å². The third-order valence-electron chi connectivity index (χ3n) is 2.88. The van der Waals surface area contributed by atoms with E-state index in [0.717, 1.165) is 0 Å². The number of aryl methyl sites for hydroxylation is 1. The molecule has 0 unspecified atom stereocenters. The van der Waals surface area contributed by atoms with Gasteiger partial charge in [-0.15, -0.1) is 0 Å². The number of aromatic nitrogens is 2. The van der Waals surface area contributed by atoms with Crippen LogP contribution in [0.4, 0.5) is 11.6 Å². The standard InChI is InChI=1S/C11H16N4O4/c1-7-9(15(16)17)10(14-11(12-2)13-7)19-8-3-5-18-6-4-8/h8H,3-6H2,1-2H3,(H,12,13,14). The molecule has 104 valence electrons. The van der Waals surface area contributed by atoms with E-state index in [0.29, 0.717) is 32.0 Å². The van der Waals surface area contributed by atoms with Gasteiger partial charge in [0.05, 0.1) is 18.1 Å². The number of anilines is 1. The Balaban J connectivity index is 2.29. The average molecular weight is 268 g/mol. The lowest BCUT2D eigenvalue weighted by Gasteiger charge is -2.22. The zero-order valence-corrected chi connectivity index (χ0v) is 10.9. The predicted molar refractivity (Wildman–Crippen MR) is 67.4 cm³/mol. The SMILES string of the molecule is CNc1nc(C)c([N+](=O)[O-])c(OC2CCOCC2)n1. The van der Waals surface area contributed by atoms with Gasteiger partial charge in [0.2, 0.25) is 5.95 Å². The molecule has 0 atom stereocenters. The monoisotopic (exact) mass is 268 g/mol. The Morgan fingerprint density at radius 3 is 2.68 bits per heavy atom. The highest BCUT2D eigenvalue weighted by Crippen LogP contribution is 2.30. The Morgan fingerprint density at radius 2 is 2.11 bits per heavy atom. The Hall–Kier alpha value is -1.96. The second-order valence-electron chi connectivity index (χ2n) is 4.22. The van der Waals surface area contributed by atoms with Crippen LogP contribution in [0.3, 0.4) is 0 Å². The highest BCUT2D eigenvalue weighted by Gasteiger charge is 2.26. The molecule has 1 aliphatic heterocycles. The van der Waals surface area contributed by atoms with Gasteiger partial charge in [0.25, 0.3) is 5.88 Å². The van der Waals surface area contributed by atoms with Crippen molar-refractivity contribution in [2.45, 2.75) is 25.9 Å². The molecule has 2 rings (SSSR count). The van der Waals surface area contributed by atoms with Gasteiger partial charge >= 0.3 is 5.69 Å². The summed E-state index contributed by atoms with van der Waals surface area (Å²) in [5.74, 6) is 0.332. The molecule has 1 aromatic rings. The van der Waals surface area contributed by atoms with Crippen LogP contribution in [-0.2, 0) is 4.74 Å². The summed E-state index contributed by atoms with van der Waals surface area (Å²) < 4.78 is 10.9. The van der Waals surface area contributed by atoms with Crippen LogP contribution in [0.15, 0.2) is 0 Å². The summed E-state index contributed by atoms with van der Waals surface area (Å²) in [5.41, 5.74) is 0.108. The fourth-order valence-electron chi connectivity index (χ4n) is 1.90. The summed E-state index contributed by atoms with van der Waals surface area (Å²) in [6.07, 6.45) is 1.30. The van der Waals surface area contributed by atoms with Crippen LogP contribution in [0, 0.1) is 17.0 Å². The normalized spacial score (nSPS) is 16.1. The lowest BCUT2D eigenvalue weighted by Crippen LogP contribution is -2.26.